The molecule has 0 bridgehead atoms. The fraction of sp³-hybridized carbons (Fsp3) is 0.333. The first kappa shape index (κ1) is 14.5. The molecule has 0 unspecified atom stereocenters. The highest BCUT2D eigenvalue weighted by atomic mass is 32.1. The van der Waals surface area contributed by atoms with Crippen LogP contribution in [-0.2, 0) is 7.05 Å². The van der Waals surface area contributed by atoms with E-state index in [0.29, 0.717) is 5.11 Å². The van der Waals surface area contributed by atoms with E-state index in [2.05, 4.69) is 47.8 Å². The molecular weight excluding hydrogens is 268 g/mol. The Morgan fingerprint density at radius 1 is 1.05 bits per heavy atom. The molecule has 0 atom stereocenters. The first-order chi connectivity index (χ1) is 9.36. The molecule has 0 fully saturated rings. The summed E-state index contributed by atoms with van der Waals surface area (Å²) in [6.07, 6.45) is 0. The van der Waals surface area contributed by atoms with Crippen LogP contribution in [0.5, 0.6) is 0 Å². The van der Waals surface area contributed by atoms with Gasteiger partial charge in [0.25, 0.3) is 0 Å². The van der Waals surface area contributed by atoms with Gasteiger partial charge in [-0.3, -0.25) is 4.68 Å². The second-order valence-electron chi connectivity index (χ2n) is 5.12. The summed E-state index contributed by atoms with van der Waals surface area (Å²) >= 11 is 5.37. The number of anilines is 2. The van der Waals surface area contributed by atoms with Crippen molar-refractivity contribution >= 4 is 28.7 Å². The van der Waals surface area contributed by atoms with Gasteiger partial charge in [-0.25, -0.2) is 0 Å². The van der Waals surface area contributed by atoms with E-state index in [1.165, 1.54) is 11.1 Å². The third kappa shape index (κ3) is 3.17. The molecule has 0 saturated heterocycles. The van der Waals surface area contributed by atoms with E-state index in [9.17, 15) is 0 Å². The Kier molecular flexibility index (Phi) is 4.09. The maximum absolute atomic E-state index is 5.37. The summed E-state index contributed by atoms with van der Waals surface area (Å²) in [5.74, 6) is 0. The lowest BCUT2D eigenvalue weighted by Crippen LogP contribution is -2.20. The van der Waals surface area contributed by atoms with E-state index in [4.69, 9.17) is 12.2 Å². The first-order valence-corrected chi connectivity index (χ1v) is 6.94. The summed E-state index contributed by atoms with van der Waals surface area (Å²) in [5, 5.41) is 11.4. The smallest absolute Gasteiger partial charge is 0.175 e. The highest BCUT2D eigenvalue weighted by molar-refractivity contribution is 7.80. The lowest BCUT2D eigenvalue weighted by atomic mass is 10.1. The standard InChI is InChI=1S/C15H20N4S/c1-9-6-10(2)8-13(7-9)16-15(20)17-14-11(3)18-19(5)12(14)4/h6-8H,1-5H3,(H2,16,17,20). The summed E-state index contributed by atoms with van der Waals surface area (Å²) in [5.41, 5.74) is 6.39. The van der Waals surface area contributed by atoms with Crippen molar-refractivity contribution < 1.29 is 0 Å². The minimum Gasteiger partial charge on any atom is -0.332 e. The van der Waals surface area contributed by atoms with Gasteiger partial charge in [-0.05, 0) is 63.2 Å². The molecule has 2 N–H and O–H groups in total. The number of thiocarbonyl (C=S) groups is 1. The summed E-state index contributed by atoms with van der Waals surface area (Å²) in [4.78, 5) is 0. The van der Waals surface area contributed by atoms with Gasteiger partial charge in [0.1, 0.15) is 0 Å². The largest absolute Gasteiger partial charge is 0.332 e. The van der Waals surface area contributed by atoms with Gasteiger partial charge < -0.3 is 10.6 Å². The Labute approximate surface area is 125 Å². The topological polar surface area (TPSA) is 41.9 Å². The van der Waals surface area contributed by atoms with Crippen LogP contribution in [0.2, 0.25) is 0 Å². The van der Waals surface area contributed by atoms with Gasteiger partial charge in [0, 0.05) is 12.7 Å². The molecule has 1 aromatic heterocycles. The molecule has 0 aliphatic carbocycles. The average molecular weight is 288 g/mol. The third-order valence-electron chi connectivity index (χ3n) is 3.23. The Hall–Kier alpha value is -1.88. The highest BCUT2D eigenvalue weighted by Crippen LogP contribution is 2.19. The number of nitrogens with zero attached hydrogens (tertiary/aromatic N) is 2. The quantitative estimate of drug-likeness (QED) is 0.830. The van der Waals surface area contributed by atoms with Gasteiger partial charge in [-0.15, -0.1) is 0 Å². The normalized spacial score (nSPS) is 10.4. The van der Waals surface area contributed by atoms with Crippen molar-refractivity contribution in [2.45, 2.75) is 27.7 Å². The average Bonchev–Trinajstić information content (AvgIpc) is 2.54. The molecule has 0 radical (unpaired) electrons. The maximum atomic E-state index is 5.37. The van der Waals surface area contributed by atoms with Crippen LogP contribution in [0.4, 0.5) is 11.4 Å². The van der Waals surface area contributed by atoms with Gasteiger partial charge in [0.15, 0.2) is 5.11 Å². The number of aromatic nitrogens is 2. The molecule has 4 nitrogen and oxygen atoms in total. The first-order valence-electron chi connectivity index (χ1n) is 6.53. The Morgan fingerprint density at radius 2 is 1.65 bits per heavy atom. The zero-order valence-corrected chi connectivity index (χ0v) is 13.4. The summed E-state index contributed by atoms with van der Waals surface area (Å²) in [6.45, 7) is 8.13. The number of nitrogens with one attached hydrogen (secondary N) is 2. The molecule has 1 aromatic carbocycles. The predicted octanol–water partition coefficient (Wildman–Crippen LogP) is 3.46. The fourth-order valence-electron chi connectivity index (χ4n) is 2.28. The van der Waals surface area contributed by atoms with Crippen molar-refractivity contribution in [3.05, 3.63) is 40.7 Å². The lowest BCUT2D eigenvalue weighted by Gasteiger charge is -2.12. The molecule has 2 rings (SSSR count). The second kappa shape index (κ2) is 5.63. The third-order valence-corrected chi connectivity index (χ3v) is 3.43. The molecule has 0 aliphatic rings. The van der Waals surface area contributed by atoms with Crippen LogP contribution < -0.4 is 10.6 Å². The second-order valence-corrected chi connectivity index (χ2v) is 5.53. The Morgan fingerprint density at radius 3 is 2.15 bits per heavy atom. The lowest BCUT2D eigenvalue weighted by molar-refractivity contribution is 0.731. The van der Waals surface area contributed by atoms with E-state index < -0.39 is 0 Å². The van der Waals surface area contributed by atoms with Crippen molar-refractivity contribution in [2.75, 3.05) is 10.6 Å². The van der Waals surface area contributed by atoms with Crippen molar-refractivity contribution in [3.63, 3.8) is 0 Å². The van der Waals surface area contributed by atoms with E-state index in [0.717, 1.165) is 22.8 Å². The minimum absolute atomic E-state index is 0.578. The zero-order chi connectivity index (χ0) is 14.9. The van der Waals surface area contributed by atoms with Gasteiger partial charge in [-0.1, -0.05) is 6.07 Å². The molecule has 5 heteroatoms. The summed E-state index contributed by atoms with van der Waals surface area (Å²) in [7, 11) is 1.92. The summed E-state index contributed by atoms with van der Waals surface area (Å²) < 4.78 is 1.84. The Balaban J connectivity index is 2.13. The van der Waals surface area contributed by atoms with Gasteiger partial charge in [0.2, 0.25) is 0 Å². The van der Waals surface area contributed by atoms with Crippen LogP contribution in [0.1, 0.15) is 22.5 Å². The van der Waals surface area contributed by atoms with Crippen LogP contribution in [0.25, 0.3) is 0 Å². The SMILES string of the molecule is Cc1cc(C)cc(NC(=S)Nc2c(C)nn(C)c2C)c1. The number of hydrogen-bond donors (Lipinski definition) is 2. The molecule has 106 valence electrons. The molecule has 0 amide bonds. The number of hydrogen-bond acceptors (Lipinski definition) is 2. The van der Waals surface area contributed by atoms with Gasteiger partial charge in [0.05, 0.1) is 17.1 Å². The monoisotopic (exact) mass is 288 g/mol. The highest BCUT2D eigenvalue weighted by Gasteiger charge is 2.10. The van der Waals surface area contributed by atoms with Crippen LogP contribution in [0.15, 0.2) is 18.2 Å². The number of aryl methyl sites for hydroxylation is 4. The molecule has 0 spiro atoms. The molecule has 20 heavy (non-hydrogen) atoms. The van der Waals surface area contributed by atoms with Crippen LogP contribution in [0, 0.1) is 27.7 Å². The fourth-order valence-corrected chi connectivity index (χ4v) is 2.50. The van der Waals surface area contributed by atoms with E-state index in [1.807, 2.05) is 25.6 Å². The molecule has 1 heterocycles. The molecule has 2 aromatic rings. The predicted molar refractivity (Wildman–Crippen MR) is 88.4 cm³/mol. The zero-order valence-electron chi connectivity index (χ0n) is 12.5. The van der Waals surface area contributed by atoms with Crippen molar-refractivity contribution in [1.82, 2.24) is 9.78 Å². The van der Waals surface area contributed by atoms with E-state index in [-0.39, 0.29) is 0 Å². The van der Waals surface area contributed by atoms with Crippen LogP contribution in [0.3, 0.4) is 0 Å². The number of benzene rings is 1. The van der Waals surface area contributed by atoms with Crippen LogP contribution >= 0.6 is 12.2 Å². The van der Waals surface area contributed by atoms with E-state index in [1.54, 1.807) is 0 Å². The van der Waals surface area contributed by atoms with Crippen molar-refractivity contribution in [3.8, 4) is 0 Å². The van der Waals surface area contributed by atoms with Crippen molar-refractivity contribution in [1.29, 1.82) is 0 Å². The minimum atomic E-state index is 0.578. The van der Waals surface area contributed by atoms with Crippen LogP contribution in [-0.4, -0.2) is 14.9 Å². The maximum Gasteiger partial charge on any atom is 0.175 e. The Bertz CT molecular complexity index is 638. The molecular formula is C15H20N4S. The summed E-state index contributed by atoms with van der Waals surface area (Å²) in [6, 6.07) is 6.28. The van der Waals surface area contributed by atoms with Crippen molar-refractivity contribution in [2.24, 2.45) is 7.05 Å². The van der Waals surface area contributed by atoms with Gasteiger partial charge >= 0.3 is 0 Å². The molecule has 0 aliphatic heterocycles. The van der Waals surface area contributed by atoms with Gasteiger partial charge in [-0.2, -0.15) is 5.10 Å². The number of rotatable bonds is 2. The van der Waals surface area contributed by atoms with E-state index >= 15 is 0 Å². The molecule has 0 saturated carbocycles.